The zero-order valence-corrected chi connectivity index (χ0v) is 19.2. The van der Waals surface area contributed by atoms with Crippen molar-refractivity contribution in [2.45, 2.75) is 44.5 Å². The van der Waals surface area contributed by atoms with Crippen LogP contribution in [0.25, 0.3) is 0 Å². The van der Waals surface area contributed by atoms with Crippen molar-refractivity contribution in [2.75, 3.05) is 43.1 Å². The summed E-state index contributed by atoms with van der Waals surface area (Å²) >= 11 is 0. The van der Waals surface area contributed by atoms with Gasteiger partial charge in [-0.25, -0.2) is 18.0 Å². The summed E-state index contributed by atoms with van der Waals surface area (Å²) in [6, 6.07) is -1.23. The van der Waals surface area contributed by atoms with Gasteiger partial charge in [-0.15, -0.1) is 0 Å². The average Bonchev–Trinajstić information content (AvgIpc) is 2.64. The number of hydrogen-bond donors (Lipinski definition) is 1. The van der Waals surface area contributed by atoms with E-state index in [0.29, 0.717) is 0 Å². The van der Waals surface area contributed by atoms with Crippen LogP contribution in [0.1, 0.15) is 27.7 Å². The average molecular weight is 474 g/mol. The Morgan fingerprint density at radius 2 is 1.91 bits per heavy atom. The van der Waals surface area contributed by atoms with Gasteiger partial charge in [-0.3, -0.25) is 10.1 Å². The molecule has 1 saturated heterocycles. The van der Waals surface area contributed by atoms with Crippen molar-refractivity contribution in [3.05, 3.63) is 10.1 Å². The third-order valence-electron chi connectivity index (χ3n) is 4.25. The minimum atomic E-state index is -3.97. The van der Waals surface area contributed by atoms with Crippen molar-refractivity contribution in [3.63, 3.8) is 0 Å². The maximum absolute atomic E-state index is 12.7. The molecule has 0 bridgehead atoms. The Hall–Kier alpha value is -3.23. The Bertz CT molecular complexity index is 1020. The maximum Gasteiger partial charge on any atom is 0.410 e. The summed E-state index contributed by atoms with van der Waals surface area (Å²) in [4.78, 5) is 45.8. The van der Waals surface area contributed by atoms with E-state index >= 15 is 0 Å². The maximum atomic E-state index is 12.7. The van der Waals surface area contributed by atoms with E-state index in [0.717, 1.165) is 6.26 Å². The highest BCUT2D eigenvalue weighted by Gasteiger charge is 2.41. The van der Waals surface area contributed by atoms with Crippen molar-refractivity contribution >= 4 is 39.2 Å². The molecule has 1 amide bonds. The molecule has 0 aliphatic carbocycles. The number of hydrogen-bond acceptors (Lipinski definition) is 12. The quantitative estimate of drug-likeness (QED) is 0.267. The number of nitrogens with two attached hydrogens (primary N) is 1. The molecule has 1 aromatic heterocycles. The first kappa shape index (κ1) is 25.0. The minimum Gasteiger partial charge on any atom is -0.464 e. The van der Waals surface area contributed by atoms with Gasteiger partial charge in [-0.05, 0) is 27.7 Å². The third kappa shape index (κ3) is 5.72. The fourth-order valence-electron chi connectivity index (χ4n) is 2.95. The lowest BCUT2D eigenvalue weighted by Gasteiger charge is -2.40. The van der Waals surface area contributed by atoms with Gasteiger partial charge in [0.1, 0.15) is 11.6 Å². The van der Waals surface area contributed by atoms with Crippen molar-refractivity contribution in [2.24, 2.45) is 0 Å². The van der Waals surface area contributed by atoms with Crippen LogP contribution in [0.4, 0.5) is 22.1 Å². The fourth-order valence-corrected chi connectivity index (χ4v) is 3.47. The van der Waals surface area contributed by atoms with Crippen molar-refractivity contribution in [1.29, 1.82) is 0 Å². The topological polar surface area (TPSA) is 188 Å². The summed E-state index contributed by atoms with van der Waals surface area (Å²) in [6.07, 6.45) is 0.140. The first-order valence-corrected chi connectivity index (χ1v) is 11.5. The summed E-state index contributed by atoms with van der Waals surface area (Å²) in [5, 5.41) is 10.9. The van der Waals surface area contributed by atoms with Gasteiger partial charge in [0, 0.05) is 19.3 Å². The van der Waals surface area contributed by atoms with Crippen molar-refractivity contribution < 1.29 is 32.4 Å². The minimum absolute atomic E-state index is 0.0121. The van der Waals surface area contributed by atoms with Crippen LogP contribution in [0.15, 0.2) is 5.16 Å². The molecule has 15 heteroatoms. The lowest BCUT2D eigenvalue weighted by Crippen LogP contribution is -2.59. The van der Waals surface area contributed by atoms with Crippen LogP contribution in [0.5, 0.6) is 0 Å². The van der Waals surface area contributed by atoms with Crippen LogP contribution in [0.3, 0.4) is 0 Å². The Labute approximate surface area is 184 Å². The number of rotatable bonds is 5. The second kappa shape index (κ2) is 9.10. The number of carbonyl (C=O) groups is 2. The molecular weight excluding hydrogens is 448 g/mol. The third-order valence-corrected chi connectivity index (χ3v) is 5.09. The predicted octanol–water partition coefficient (Wildman–Crippen LogP) is 0.359. The van der Waals surface area contributed by atoms with Crippen LogP contribution < -0.4 is 10.6 Å². The molecule has 1 atom stereocenters. The number of nitrogen functional groups attached to an aromatic ring is 1. The molecule has 14 nitrogen and oxygen atoms in total. The number of piperazine rings is 1. The molecule has 1 fully saturated rings. The molecule has 1 aliphatic heterocycles. The monoisotopic (exact) mass is 474 g/mol. The highest BCUT2D eigenvalue weighted by Crippen LogP contribution is 2.34. The van der Waals surface area contributed by atoms with Gasteiger partial charge < -0.3 is 25.0 Å². The molecule has 1 aliphatic rings. The van der Waals surface area contributed by atoms with Gasteiger partial charge in [0.05, 0.1) is 18.1 Å². The van der Waals surface area contributed by atoms with Gasteiger partial charge in [0.2, 0.25) is 21.5 Å². The zero-order chi connectivity index (χ0) is 24.4. The van der Waals surface area contributed by atoms with Crippen LogP contribution in [-0.2, 0) is 24.1 Å². The van der Waals surface area contributed by atoms with Crippen LogP contribution >= 0.6 is 0 Å². The Kier molecular flexibility index (Phi) is 7.12. The molecule has 0 aromatic carbocycles. The fraction of sp³-hybridized carbons (Fsp3) is 0.647. The number of amides is 1. The SMILES string of the molecule is CCOC(=O)C1CN(C(=O)OC(C)(C)C)CCN1c1nc(S(C)(=O)=O)nc(N)c1[N+](=O)[O-]. The molecular formula is C17H26N6O8S. The largest absolute Gasteiger partial charge is 0.464 e. The Morgan fingerprint density at radius 1 is 1.28 bits per heavy atom. The molecule has 178 valence electrons. The van der Waals surface area contributed by atoms with Crippen molar-refractivity contribution in [1.82, 2.24) is 14.9 Å². The zero-order valence-electron chi connectivity index (χ0n) is 18.4. The van der Waals surface area contributed by atoms with Gasteiger partial charge in [0.25, 0.3) is 5.16 Å². The molecule has 2 N–H and O–H groups in total. The van der Waals surface area contributed by atoms with Crippen LogP contribution in [0, 0.1) is 10.1 Å². The van der Waals surface area contributed by atoms with Crippen LogP contribution in [0.2, 0.25) is 0 Å². The van der Waals surface area contributed by atoms with E-state index in [2.05, 4.69) is 9.97 Å². The summed E-state index contributed by atoms with van der Waals surface area (Å²) in [5.74, 6) is -1.91. The first-order valence-electron chi connectivity index (χ1n) is 9.58. The second-order valence-electron chi connectivity index (χ2n) is 7.98. The number of nitrogens with zero attached hydrogens (tertiary/aromatic N) is 5. The summed E-state index contributed by atoms with van der Waals surface area (Å²) in [7, 11) is -3.97. The first-order chi connectivity index (χ1) is 14.7. The molecule has 2 rings (SSSR count). The molecule has 2 heterocycles. The Balaban J connectivity index is 2.55. The van der Waals surface area contributed by atoms with E-state index in [1.165, 1.54) is 9.80 Å². The number of anilines is 2. The van der Waals surface area contributed by atoms with E-state index in [1.807, 2.05) is 0 Å². The van der Waals surface area contributed by atoms with Crippen molar-refractivity contribution in [3.8, 4) is 0 Å². The van der Waals surface area contributed by atoms with Gasteiger partial charge in [0.15, 0.2) is 0 Å². The molecule has 1 unspecified atom stereocenters. The van der Waals surface area contributed by atoms with E-state index < -0.39 is 60.9 Å². The number of esters is 1. The van der Waals surface area contributed by atoms with E-state index in [4.69, 9.17) is 15.2 Å². The summed E-state index contributed by atoms with van der Waals surface area (Å²) in [6.45, 7) is 6.31. The molecule has 32 heavy (non-hydrogen) atoms. The number of sulfone groups is 1. The lowest BCUT2D eigenvalue weighted by molar-refractivity contribution is -0.383. The summed E-state index contributed by atoms with van der Waals surface area (Å²) in [5.41, 5.74) is 4.13. The predicted molar refractivity (Wildman–Crippen MR) is 112 cm³/mol. The molecule has 1 aromatic rings. The van der Waals surface area contributed by atoms with Gasteiger partial charge in [-0.1, -0.05) is 0 Å². The lowest BCUT2D eigenvalue weighted by atomic mass is 10.1. The molecule has 0 spiro atoms. The van der Waals surface area contributed by atoms with Crippen LogP contribution in [-0.4, -0.2) is 84.4 Å². The summed E-state index contributed by atoms with van der Waals surface area (Å²) < 4.78 is 34.3. The number of ether oxygens (including phenoxy) is 2. The number of aromatic nitrogens is 2. The smallest absolute Gasteiger partial charge is 0.410 e. The van der Waals surface area contributed by atoms with E-state index in [1.54, 1.807) is 27.7 Å². The van der Waals surface area contributed by atoms with Gasteiger partial charge >= 0.3 is 17.7 Å². The second-order valence-corrected chi connectivity index (χ2v) is 9.89. The van der Waals surface area contributed by atoms with E-state index in [9.17, 15) is 28.1 Å². The molecule has 0 saturated carbocycles. The standard InChI is InChI=1S/C17H26N6O8S/c1-6-30-14(24)10-9-21(16(25)31-17(2,3)4)7-8-22(10)13-11(23(26)27)12(18)19-15(20-13)32(5,28)29/h10H,6-9H2,1-5H3,(H2,18,19,20). The highest BCUT2D eigenvalue weighted by molar-refractivity contribution is 7.90. The van der Waals surface area contributed by atoms with E-state index in [-0.39, 0.29) is 26.2 Å². The highest BCUT2D eigenvalue weighted by atomic mass is 32.2. The molecule has 0 radical (unpaired) electrons. The number of nitro groups is 1. The van der Waals surface area contributed by atoms with Gasteiger partial charge in [-0.2, -0.15) is 9.97 Å². The normalized spacial score (nSPS) is 17.1. The number of carbonyl (C=O) groups excluding carboxylic acids is 2. The Morgan fingerprint density at radius 3 is 2.41 bits per heavy atom.